The minimum absolute atomic E-state index is 0.418. The van der Waals surface area contributed by atoms with Gasteiger partial charge in [0.05, 0.1) is 12.2 Å². The Bertz CT molecular complexity index is 324. The van der Waals surface area contributed by atoms with Crippen molar-refractivity contribution in [3.8, 4) is 0 Å². The standard InChI is InChI=1S/C12H21N3O/c1-10-3-4-12(16-10)9-13-7-5-11-6-8-14-15(11)2/h6,8,10,12-13H,3-5,7,9H2,1-2H3. The van der Waals surface area contributed by atoms with Crippen molar-refractivity contribution in [3.05, 3.63) is 18.0 Å². The molecule has 16 heavy (non-hydrogen) atoms. The van der Waals surface area contributed by atoms with Gasteiger partial charge in [0.15, 0.2) is 0 Å². The molecule has 1 N–H and O–H groups in total. The lowest BCUT2D eigenvalue weighted by molar-refractivity contribution is 0.0562. The number of nitrogens with one attached hydrogen (secondary N) is 1. The van der Waals surface area contributed by atoms with Crippen molar-refractivity contribution < 1.29 is 4.74 Å². The van der Waals surface area contributed by atoms with Crippen LogP contribution < -0.4 is 5.32 Å². The van der Waals surface area contributed by atoms with E-state index in [9.17, 15) is 0 Å². The summed E-state index contributed by atoms with van der Waals surface area (Å²) in [4.78, 5) is 0. The van der Waals surface area contributed by atoms with Gasteiger partial charge >= 0.3 is 0 Å². The largest absolute Gasteiger partial charge is 0.374 e. The summed E-state index contributed by atoms with van der Waals surface area (Å²) in [5, 5.41) is 7.59. The maximum absolute atomic E-state index is 5.74. The Balaban J connectivity index is 1.60. The van der Waals surface area contributed by atoms with Gasteiger partial charge < -0.3 is 10.1 Å². The molecule has 1 saturated heterocycles. The summed E-state index contributed by atoms with van der Waals surface area (Å²) in [5.41, 5.74) is 1.27. The van der Waals surface area contributed by atoms with E-state index in [-0.39, 0.29) is 0 Å². The van der Waals surface area contributed by atoms with Crippen LogP contribution in [0.4, 0.5) is 0 Å². The average molecular weight is 223 g/mol. The van der Waals surface area contributed by atoms with Gasteiger partial charge in [-0.25, -0.2) is 0 Å². The highest BCUT2D eigenvalue weighted by Gasteiger charge is 2.20. The summed E-state index contributed by atoms with van der Waals surface area (Å²) in [6, 6.07) is 2.07. The molecule has 0 spiro atoms. The first-order valence-corrected chi connectivity index (χ1v) is 6.09. The van der Waals surface area contributed by atoms with Gasteiger partial charge in [0.2, 0.25) is 0 Å². The van der Waals surface area contributed by atoms with Crippen molar-refractivity contribution >= 4 is 0 Å². The van der Waals surface area contributed by atoms with Crippen molar-refractivity contribution in [3.63, 3.8) is 0 Å². The van der Waals surface area contributed by atoms with E-state index in [0.29, 0.717) is 12.2 Å². The fourth-order valence-corrected chi connectivity index (χ4v) is 2.16. The SMILES string of the molecule is CC1CCC(CNCCc2ccnn2C)O1. The lowest BCUT2D eigenvalue weighted by Gasteiger charge is -2.12. The molecular weight excluding hydrogens is 202 g/mol. The van der Waals surface area contributed by atoms with Crippen LogP contribution in [0.15, 0.2) is 12.3 Å². The zero-order chi connectivity index (χ0) is 11.4. The van der Waals surface area contributed by atoms with E-state index >= 15 is 0 Å². The molecule has 0 amide bonds. The fraction of sp³-hybridized carbons (Fsp3) is 0.750. The monoisotopic (exact) mass is 223 g/mol. The molecule has 0 aromatic carbocycles. The van der Waals surface area contributed by atoms with Gasteiger partial charge in [-0.1, -0.05) is 0 Å². The van der Waals surface area contributed by atoms with Crippen LogP contribution in [-0.4, -0.2) is 35.1 Å². The number of hydrogen-bond acceptors (Lipinski definition) is 3. The van der Waals surface area contributed by atoms with Crippen LogP contribution in [-0.2, 0) is 18.2 Å². The number of rotatable bonds is 5. The van der Waals surface area contributed by atoms with Crippen molar-refractivity contribution in [1.82, 2.24) is 15.1 Å². The molecule has 1 fully saturated rings. The molecule has 1 aromatic heterocycles. The predicted molar refractivity (Wildman–Crippen MR) is 63.4 cm³/mol. The molecule has 2 unspecified atom stereocenters. The summed E-state index contributed by atoms with van der Waals surface area (Å²) in [6.07, 6.45) is 6.13. The Morgan fingerprint density at radius 2 is 2.44 bits per heavy atom. The summed E-state index contributed by atoms with van der Waals surface area (Å²) in [7, 11) is 1.98. The Morgan fingerprint density at radius 1 is 1.56 bits per heavy atom. The third-order valence-electron chi connectivity index (χ3n) is 3.17. The van der Waals surface area contributed by atoms with Gasteiger partial charge in [0.1, 0.15) is 0 Å². The molecule has 4 nitrogen and oxygen atoms in total. The van der Waals surface area contributed by atoms with Crippen LogP contribution in [0.25, 0.3) is 0 Å². The Labute approximate surface area is 97.0 Å². The molecule has 0 aliphatic carbocycles. The lowest BCUT2D eigenvalue weighted by Crippen LogP contribution is -2.28. The van der Waals surface area contributed by atoms with Gasteiger partial charge in [0, 0.05) is 38.4 Å². The van der Waals surface area contributed by atoms with Gasteiger partial charge in [-0.2, -0.15) is 5.10 Å². The highest BCUT2D eigenvalue weighted by molar-refractivity contribution is 5.00. The van der Waals surface area contributed by atoms with E-state index in [1.54, 1.807) is 0 Å². The Hall–Kier alpha value is -0.870. The third-order valence-corrected chi connectivity index (χ3v) is 3.17. The van der Waals surface area contributed by atoms with Gasteiger partial charge in [-0.3, -0.25) is 4.68 Å². The number of aryl methyl sites for hydroxylation is 1. The molecule has 1 aliphatic heterocycles. The zero-order valence-electron chi connectivity index (χ0n) is 10.1. The van der Waals surface area contributed by atoms with E-state index in [2.05, 4.69) is 23.4 Å². The minimum Gasteiger partial charge on any atom is -0.374 e. The molecule has 1 aromatic rings. The van der Waals surface area contributed by atoms with Crippen LogP contribution in [0.5, 0.6) is 0 Å². The van der Waals surface area contributed by atoms with Crippen molar-refractivity contribution in [2.24, 2.45) is 7.05 Å². The summed E-state index contributed by atoms with van der Waals surface area (Å²) in [6.45, 7) is 4.12. The predicted octanol–water partition coefficient (Wildman–Crippen LogP) is 1.12. The second-order valence-electron chi connectivity index (χ2n) is 4.55. The van der Waals surface area contributed by atoms with E-state index in [0.717, 1.165) is 19.5 Å². The molecule has 2 heterocycles. The second kappa shape index (κ2) is 5.46. The van der Waals surface area contributed by atoms with Gasteiger partial charge in [-0.15, -0.1) is 0 Å². The van der Waals surface area contributed by atoms with Crippen LogP contribution >= 0.6 is 0 Å². The molecular formula is C12H21N3O. The molecule has 1 aliphatic rings. The number of hydrogen-bond donors (Lipinski definition) is 1. The van der Waals surface area contributed by atoms with E-state index in [4.69, 9.17) is 4.74 Å². The maximum Gasteiger partial charge on any atom is 0.0704 e. The highest BCUT2D eigenvalue weighted by Crippen LogP contribution is 2.17. The molecule has 0 saturated carbocycles. The Kier molecular flexibility index (Phi) is 3.96. The molecule has 90 valence electrons. The minimum atomic E-state index is 0.418. The highest BCUT2D eigenvalue weighted by atomic mass is 16.5. The number of nitrogens with zero attached hydrogens (tertiary/aromatic N) is 2. The topological polar surface area (TPSA) is 39.1 Å². The molecule has 2 atom stereocenters. The van der Waals surface area contributed by atoms with Gasteiger partial charge in [-0.05, 0) is 25.8 Å². The van der Waals surface area contributed by atoms with E-state index in [1.165, 1.54) is 18.5 Å². The summed E-state index contributed by atoms with van der Waals surface area (Å²) in [5.74, 6) is 0. The number of ether oxygens (including phenoxy) is 1. The third kappa shape index (κ3) is 3.06. The first-order chi connectivity index (χ1) is 7.75. The van der Waals surface area contributed by atoms with Crippen LogP contribution in [0, 0.1) is 0 Å². The molecule has 4 heteroatoms. The smallest absolute Gasteiger partial charge is 0.0704 e. The van der Waals surface area contributed by atoms with Crippen LogP contribution in [0.3, 0.4) is 0 Å². The fourth-order valence-electron chi connectivity index (χ4n) is 2.16. The molecule has 2 rings (SSSR count). The first-order valence-electron chi connectivity index (χ1n) is 6.09. The van der Waals surface area contributed by atoms with E-state index in [1.807, 2.05) is 17.9 Å². The second-order valence-corrected chi connectivity index (χ2v) is 4.55. The molecule has 0 radical (unpaired) electrons. The average Bonchev–Trinajstić information content (AvgIpc) is 2.83. The van der Waals surface area contributed by atoms with Crippen molar-refractivity contribution in [2.75, 3.05) is 13.1 Å². The Morgan fingerprint density at radius 3 is 3.06 bits per heavy atom. The summed E-state index contributed by atoms with van der Waals surface area (Å²) < 4.78 is 7.67. The molecule has 0 bridgehead atoms. The lowest BCUT2D eigenvalue weighted by atomic mass is 10.2. The maximum atomic E-state index is 5.74. The van der Waals surface area contributed by atoms with Crippen molar-refractivity contribution in [1.29, 1.82) is 0 Å². The normalized spacial score (nSPS) is 25.1. The van der Waals surface area contributed by atoms with Crippen LogP contribution in [0.1, 0.15) is 25.5 Å². The quantitative estimate of drug-likeness (QED) is 0.760. The number of aromatic nitrogens is 2. The van der Waals surface area contributed by atoms with Gasteiger partial charge in [0.25, 0.3) is 0 Å². The van der Waals surface area contributed by atoms with E-state index < -0.39 is 0 Å². The zero-order valence-corrected chi connectivity index (χ0v) is 10.1. The van der Waals surface area contributed by atoms with Crippen molar-refractivity contribution in [2.45, 2.75) is 38.4 Å². The first kappa shape index (κ1) is 11.6. The van der Waals surface area contributed by atoms with Crippen LogP contribution in [0.2, 0.25) is 0 Å². The summed E-state index contributed by atoms with van der Waals surface area (Å²) >= 11 is 0.